The summed E-state index contributed by atoms with van der Waals surface area (Å²) in [6.07, 6.45) is 0. The van der Waals surface area contributed by atoms with Crippen LogP contribution in [0.1, 0.15) is 18.0 Å². The zero-order chi connectivity index (χ0) is 15.4. The van der Waals surface area contributed by atoms with Gasteiger partial charge in [0.1, 0.15) is 5.82 Å². The maximum atomic E-state index is 12.0. The summed E-state index contributed by atoms with van der Waals surface area (Å²) in [5, 5.41) is 3.02. The second-order valence-electron chi connectivity index (χ2n) is 5.01. The van der Waals surface area contributed by atoms with Crippen molar-refractivity contribution >= 4 is 34.4 Å². The van der Waals surface area contributed by atoms with Crippen LogP contribution in [0, 0.1) is 0 Å². The zero-order valence-corrected chi connectivity index (χ0v) is 13.1. The van der Waals surface area contributed by atoms with E-state index >= 15 is 0 Å². The molecule has 0 aliphatic rings. The van der Waals surface area contributed by atoms with Gasteiger partial charge in [-0.15, -0.1) is 11.8 Å². The van der Waals surface area contributed by atoms with Crippen molar-refractivity contribution in [3.8, 4) is 0 Å². The van der Waals surface area contributed by atoms with E-state index in [9.17, 15) is 4.79 Å². The predicted molar refractivity (Wildman–Crippen MR) is 92.0 cm³/mol. The normalized spacial score (nSPS) is 12.2. The van der Waals surface area contributed by atoms with E-state index in [4.69, 9.17) is 0 Å². The Morgan fingerprint density at radius 3 is 2.68 bits per heavy atom. The number of carbonyl (C=O) groups excluding carboxylic acids is 1. The second-order valence-corrected chi connectivity index (χ2v) is 6.34. The number of hydrogen-bond acceptors (Lipinski definition) is 3. The monoisotopic (exact) mass is 311 g/mol. The van der Waals surface area contributed by atoms with Gasteiger partial charge >= 0.3 is 0 Å². The van der Waals surface area contributed by atoms with Crippen LogP contribution in [0.25, 0.3) is 11.0 Å². The SMILES string of the molecule is C[C@@H](SCC(=O)Nc1ccccc1)c1nc2ccccc2[nH]1. The highest BCUT2D eigenvalue weighted by Gasteiger charge is 2.13. The Labute approximate surface area is 133 Å². The number of aromatic amines is 1. The Kier molecular flexibility index (Phi) is 4.44. The second kappa shape index (κ2) is 6.66. The molecule has 0 spiro atoms. The van der Waals surface area contributed by atoms with Gasteiger partial charge in [0.25, 0.3) is 0 Å². The van der Waals surface area contributed by atoms with Gasteiger partial charge in [-0.25, -0.2) is 4.98 Å². The molecule has 4 nitrogen and oxygen atoms in total. The number of imidazole rings is 1. The molecule has 0 aliphatic heterocycles. The summed E-state index contributed by atoms with van der Waals surface area (Å²) in [7, 11) is 0. The molecule has 1 atom stereocenters. The highest BCUT2D eigenvalue weighted by Crippen LogP contribution is 2.27. The van der Waals surface area contributed by atoms with Gasteiger partial charge in [-0.2, -0.15) is 0 Å². The molecule has 22 heavy (non-hydrogen) atoms. The molecule has 5 heteroatoms. The number of amides is 1. The van der Waals surface area contributed by atoms with E-state index in [1.54, 1.807) is 11.8 Å². The number of anilines is 1. The van der Waals surface area contributed by atoms with Gasteiger partial charge in [0.15, 0.2) is 0 Å². The summed E-state index contributed by atoms with van der Waals surface area (Å²) in [6.45, 7) is 2.05. The lowest BCUT2D eigenvalue weighted by atomic mass is 10.3. The number of aromatic nitrogens is 2. The average Bonchev–Trinajstić information content (AvgIpc) is 2.98. The lowest BCUT2D eigenvalue weighted by molar-refractivity contribution is -0.113. The molecule has 0 saturated heterocycles. The minimum atomic E-state index is -0.000777. The van der Waals surface area contributed by atoms with Crippen LogP contribution in [-0.4, -0.2) is 21.6 Å². The summed E-state index contributed by atoms with van der Waals surface area (Å²) in [6, 6.07) is 17.4. The average molecular weight is 311 g/mol. The van der Waals surface area contributed by atoms with Gasteiger partial charge in [-0.3, -0.25) is 4.79 Å². The number of rotatable bonds is 5. The Balaban J connectivity index is 1.57. The van der Waals surface area contributed by atoms with Gasteiger partial charge in [0, 0.05) is 5.69 Å². The van der Waals surface area contributed by atoms with Gasteiger partial charge in [0.05, 0.1) is 22.0 Å². The van der Waals surface area contributed by atoms with Crippen molar-refractivity contribution in [2.75, 3.05) is 11.1 Å². The molecule has 3 rings (SSSR count). The number of para-hydroxylation sites is 3. The van der Waals surface area contributed by atoms with E-state index in [-0.39, 0.29) is 11.2 Å². The summed E-state index contributed by atoms with van der Waals surface area (Å²) in [4.78, 5) is 19.8. The first-order valence-electron chi connectivity index (χ1n) is 7.13. The summed E-state index contributed by atoms with van der Waals surface area (Å²) in [5.74, 6) is 1.30. The van der Waals surface area contributed by atoms with Crippen molar-refractivity contribution in [2.24, 2.45) is 0 Å². The Hall–Kier alpha value is -2.27. The number of nitrogens with one attached hydrogen (secondary N) is 2. The van der Waals surface area contributed by atoms with Gasteiger partial charge in [-0.1, -0.05) is 30.3 Å². The van der Waals surface area contributed by atoms with Gasteiger partial charge in [0.2, 0.25) is 5.91 Å². The molecular weight excluding hydrogens is 294 g/mol. The Bertz CT molecular complexity index is 737. The molecule has 0 saturated carbocycles. The van der Waals surface area contributed by atoms with Crippen LogP contribution in [0.5, 0.6) is 0 Å². The number of nitrogens with zero attached hydrogens (tertiary/aromatic N) is 1. The summed E-state index contributed by atoms with van der Waals surface area (Å²) < 4.78 is 0. The van der Waals surface area contributed by atoms with Crippen LogP contribution >= 0.6 is 11.8 Å². The third-order valence-electron chi connectivity index (χ3n) is 3.31. The molecule has 1 aromatic heterocycles. The quantitative estimate of drug-likeness (QED) is 0.749. The molecule has 0 unspecified atom stereocenters. The number of thioether (sulfide) groups is 1. The van der Waals surface area contributed by atoms with E-state index < -0.39 is 0 Å². The smallest absolute Gasteiger partial charge is 0.234 e. The molecule has 2 aromatic carbocycles. The molecule has 0 aliphatic carbocycles. The van der Waals surface area contributed by atoms with Gasteiger partial charge < -0.3 is 10.3 Å². The van der Waals surface area contributed by atoms with Crippen LogP contribution in [0.15, 0.2) is 54.6 Å². The predicted octanol–water partition coefficient (Wildman–Crippen LogP) is 4.00. The first-order valence-corrected chi connectivity index (χ1v) is 8.18. The van der Waals surface area contributed by atoms with Crippen LogP contribution in [0.2, 0.25) is 0 Å². The minimum Gasteiger partial charge on any atom is -0.341 e. The number of fused-ring (bicyclic) bond motifs is 1. The van der Waals surface area contributed by atoms with Crippen molar-refractivity contribution in [1.29, 1.82) is 0 Å². The lowest BCUT2D eigenvalue weighted by Crippen LogP contribution is -2.14. The third-order valence-corrected chi connectivity index (χ3v) is 4.47. The fraction of sp³-hybridized carbons (Fsp3) is 0.176. The zero-order valence-electron chi connectivity index (χ0n) is 12.2. The summed E-state index contributed by atoms with van der Waals surface area (Å²) in [5.41, 5.74) is 2.81. The number of carbonyl (C=O) groups is 1. The highest BCUT2D eigenvalue weighted by molar-refractivity contribution is 8.00. The molecule has 0 radical (unpaired) electrons. The molecule has 3 aromatic rings. The first-order chi connectivity index (χ1) is 10.7. The Morgan fingerprint density at radius 2 is 1.91 bits per heavy atom. The maximum Gasteiger partial charge on any atom is 0.234 e. The third kappa shape index (κ3) is 3.49. The van der Waals surface area contributed by atoms with Crippen LogP contribution < -0.4 is 5.32 Å². The van der Waals surface area contributed by atoms with E-state index in [2.05, 4.69) is 22.2 Å². The van der Waals surface area contributed by atoms with Crippen molar-refractivity contribution in [3.05, 3.63) is 60.4 Å². The molecule has 0 bridgehead atoms. The molecule has 1 amide bonds. The molecule has 0 fully saturated rings. The molecule has 1 heterocycles. The fourth-order valence-electron chi connectivity index (χ4n) is 2.16. The lowest BCUT2D eigenvalue weighted by Gasteiger charge is -2.09. The van der Waals surface area contributed by atoms with E-state index in [0.717, 1.165) is 22.5 Å². The van der Waals surface area contributed by atoms with Crippen molar-refractivity contribution in [3.63, 3.8) is 0 Å². The van der Waals surface area contributed by atoms with Crippen molar-refractivity contribution in [2.45, 2.75) is 12.2 Å². The number of hydrogen-bond donors (Lipinski definition) is 2. The van der Waals surface area contributed by atoms with Gasteiger partial charge in [-0.05, 0) is 31.2 Å². The standard InChI is InChI=1S/C17H17N3OS/c1-12(17-19-14-9-5-6-10-15(14)20-17)22-11-16(21)18-13-7-3-2-4-8-13/h2-10,12H,11H2,1H3,(H,18,21)(H,19,20)/t12-/m1/s1. The maximum absolute atomic E-state index is 12.0. The van der Waals surface area contributed by atoms with E-state index in [1.165, 1.54) is 0 Å². The van der Waals surface area contributed by atoms with Crippen LogP contribution in [-0.2, 0) is 4.79 Å². The fourth-order valence-corrected chi connectivity index (χ4v) is 2.91. The van der Waals surface area contributed by atoms with Crippen molar-refractivity contribution < 1.29 is 4.79 Å². The van der Waals surface area contributed by atoms with Crippen molar-refractivity contribution in [1.82, 2.24) is 9.97 Å². The molecular formula is C17H17N3OS. The van der Waals surface area contributed by atoms with Crippen LogP contribution in [0.4, 0.5) is 5.69 Å². The summed E-state index contributed by atoms with van der Waals surface area (Å²) >= 11 is 1.57. The molecule has 112 valence electrons. The highest BCUT2D eigenvalue weighted by atomic mass is 32.2. The first kappa shape index (κ1) is 14.7. The van der Waals surface area contributed by atoms with E-state index in [1.807, 2.05) is 54.6 Å². The molecule has 2 N–H and O–H groups in total. The number of H-pyrrole nitrogens is 1. The topological polar surface area (TPSA) is 57.8 Å². The Morgan fingerprint density at radius 1 is 1.18 bits per heavy atom. The van der Waals surface area contributed by atoms with Crippen LogP contribution in [0.3, 0.4) is 0 Å². The minimum absolute atomic E-state index is 0.000777. The number of benzene rings is 2. The largest absolute Gasteiger partial charge is 0.341 e. The van der Waals surface area contributed by atoms with E-state index in [0.29, 0.717) is 5.75 Å².